The van der Waals surface area contributed by atoms with Crippen molar-refractivity contribution in [2.75, 3.05) is 0 Å². The zero-order valence-corrected chi connectivity index (χ0v) is 8.92. The molecule has 82 valence electrons. The molecule has 0 aliphatic heterocycles. The second kappa shape index (κ2) is 3.83. The van der Waals surface area contributed by atoms with Gasteiger partial charge in [0.1, 0.15) is 0 Å². The Morgan fingerprint density at radius 1 is 1.06 bits per heavy atom. The molecule has 0 bridgehead atoms. The lowest BCUT2D eigenvalue weighted by molar-refractivity contribution is 1.15. The molecule has 4 nitrogen and oxygen atoms in total. The van der Waals surface area contributed by atoms with Crippen LogP contribution in [0.15, 0.2) is 53.7 Å². The topological polar surface area (TPSA) is 58.6 Å². The minimum atomic E-state index is -0.205. The summed E-state index contributed by atoms with van der Waals surface area (Å²) in [7, 11) is 0. The Morgan fingerprint density at radius 2 is 2.00 bits per heavy atom. The van der Waals surface area contributed by atoms with Crippen molar-refractivity contribution in [2.45, 2.75) is 0 Å². The van der Waals surface area contributed by atoms with E-state index in [1.807, 2.05) is 30.3 Å². The van der Waals surface area contributed by atoms with Gasteiger partial charge in [-0.05, 0) is 12.1 Å². The van der Waals surface area contributed by atoms with Crippen molar-refractivity contribution < 1.29 is 0 Å². The highest BCUT2D eigenvalue weighted by molar-refractivity contribution is 5.93. The van der Waals surface area contributed by atoms with Crippen LogP contribution in [-0.2, 0) is 0 Å². The highest BCUT2D eigenvalue weighted by Crippen LogP contribution is 2.24. The third-order valence-electron chi connectivity index (χ3n) is 2.59. The zero-order chi connectivity index (χ0) is 11.7. The molecule has 0 saturated carbocycles. The molecule has 0 aliphatic carbocycles. The second-order valence-corrected chi connectivity index (χ2v) is 3.69. The van der Waals surface area contributed by atoms with Crippen LogP contribution in [0.1, 0.15) is 0 Å². The number of aromatic nitrogens is 3. The number of nitrogens with one attached hydrogen (secondary N) is 1. The Kier molecular flexibility index (Phi) is 2.19. The minimum absolute atomic E-state index is 0.205. The molecule has 0 aliphatic rings. The van der Waals surface area contributed by atoms with Crippen molar-refractivity contribution in [1.29, 1.82) is 0 Å². The van der Waals surface area contributed by atoms with Crippen LogP contribution >= 0.6 is 0 Å². The molecule has 0 radical (unpaired) electrons. The van der Waals surface area contributed by atoms with Crippen LogP contribution < -0.4 is 5.56 Å². The fraction of sp³-hybridized carbons (Fsp3) is 0. The molecular formula is C13H9N3O. The Labute approximate surface area is 97.0 Å². The van der Waals surface area contributed by atoms with E-state index in [1.54, 1.807) is 12.4 Å². The third kappa shape index (κ3) is 1.69. The van der Waals surface area contributed by atoms with Crippen LogP contribution in [0, 0.1) is 0 Å². The summed E-state index contributed by atoms with van der Waals surface area (Å²) in [6, 6.07) is 9.64. The summed E-state index contributed by atoms with van der Waals surface area (Å²) >= 11 is 0. The molecule has 3 rings (SSSR count). The summed E-state index contributed by atoms with van der Waals surface area (Å²) in [5.41, 5.74) is 2.33. The van der Waals surface area contributed by atoms with E-state index in [0.29, 0.717) is 5.69 Å². The Hall–Kier alpha value is -2.49. The number of pyridine rings is 1. The number of nitrogens with zero attached hydrogens (tertiary/aromatic N) is 2. The summed E-state index contributed by atoms with van der Waals surface area (Å²) in [6.45, 7) is 0. The molecule has 0 unspecified atom stereocenters. The van der Waals surface area contributed by atoms with Gasteiger partial charge in [0.2, 0.25) is 0 Å². The number of H-pyrrole nitrogens is 1. The van der Waals surface area contributed by atoms with E-state index < -0.39 is 0 Å². The summed E-state index contributed by atoms with van der Waals surface area (Å²) in [5.74, 6) is 0. The summed E-state index contributed by atoms with van der Waals surface area (Å²) < 4.78 is 0. The van der Waals surface area contributed by atoms with Gasteiger partial charge in [-0.2, -0.15) is 0 Å². The first-order valence-electron chi connectivity index (χ1n) is 5.23. The van der Waals surface area contributed by atoms with E-state index in [1.165, 1.54) is 6.20 Å². The molecule has 3 aromatic rings. The maximum absolute atomic E-state index is 11.3. The van der Waals surface area contributed by atoms with Crippen LogP contribution in [0.4, 0.5) is 0 Å². The Balaban J connectivity index is 2.34. The van der Waals surface area contributed by atoms with Gasteiger partial charge in [0.15, 0.2) is 0 Å². The van der Waals surface area contributed by atoms with Crippen LogP contribution in [0.2, 0.25) is 0 Å². The van der Waals surface area contributed by atoms with E-state index in [0.717, 1.165) is 16.5 Å². The minimum Gasteiger partial charge on any atom is -0.319 e. The van der Waals surface area contributed by atoms with Crippen molar-refractivity contribution in [3.8, 4) is 11.3 Å². The highest BCUT2D eigenvalue weighted by atomic mass is 16.1. The number of aromatic amines is 1. The highest BCUT2D eigenvalue weighted by Gasteiger charge is 2.04. The van der Waals surface area contributed by atoms with Gasteiger partial charge in [-0.3, -0.25) is 14.8 Å². The van der Waals surface area contributed by atoms with Gasteiger partial charge in [0.05, 0.1) is 23.6 Å². The smallest absolute Gasteiger partial charge is 0.266 e. The van der Waals surface area contributed by atoms with E-state index in [-0.39, 0.29) is 5.56 Å². The number of hydrogen-bond donors (Lipinski definition) is 1. The first-order valence-corrected chi connectivity index (χ1v) is 5.23. The van der Waals surface area contributed by atoms with Gasteiger partial charge >= 0.3 is 0 Å². The first-order chi connectivity index (χ1) is 8.34. The average molecular weight is 223 g/mol. The molecule has 0 amide bonds. The van der Waals surface area contributed by atoms with Gasteiger partial charge in [0.25, 0.3) is 5.56 Å². The fourth-order valence-corrected chi connectivity index (χ4v) is 1.85. The van der Waals surface area contributed by atoms with Crippen molar-refractivity contribution in [3.05, 3.63) is 59.3 Å². The Bertz CT molecular complexity index is 728. The second-order valence-electron chi connectivity index (χ2n) is 3.69. The summed E-state index contributed by atoms with van der Waals surface area (Å²) in [6.07, 6.45) is 4.65. The average Bonchev–Trinajstić information content (AvgIpc) is 2.38. The van der Waals surface area contributed by atoms with Crippen molar-refractivity contribution in [2.24, 2.45) is 0 Å². The molecule has 0 atom stereocenters. The van der Waals surface area contributed by atoms with Gasteiger partial charge < -0.3 is 4.98 Å². The zero-order valence-electron chi connectivity index (χ0n) is 8.92. The van der Waals surface area contributed by atoms with Crippen LogP contribution in [-0.4, -0.2) is 15.0 Å². The third-order valence-corrected chi connectivity index (χ3v) is 2.59. The standard InChI is InChI=1S/C13H9N3O/c17-13-8-14-7-12(16-13)10-3-1-5-11-9(10)4-2-6-15-11/h1-8H,(H,16,17). The van der Waals surface area contributed by atoms with E-state index in [9.17, 15) is 4.79 Å². The molecule has 17 heavy (non-hydrogen) atoms. The Morgan fingerprint density at radius 3 is 2.88 bits per heavy atom. The largest absolute Gasteiger partial charge is 0.319 e. The van der Waals surface area contributed by atoms with Gasteiger partial charge in [-0.25, -0.2) is 0 Å². The van der Waals surface area contributed by atoms with Gasteiger partial charge in [-0.1, -0.05) is 18.2 Å². The first kappa shape index (κ1) is 9.72. The predicted octanol–water partition coefficient (Wildman–Crippen LogP) is 1.99. The maximum Gasteiger partial charge on any atom is 0.266 e. The van der Waals surface area contributed by atoms with Crippen molar-refractivity contribution in [1.82, 2.24) is 15.0 Å². The fourth-order valence-electron chi connectivity index (χ4n) is 1.85. The molecule has 4 heteroatoms. The van der Waals surface area contributed by atoms with E-state index in [2.05, 4.69) is 15.0 Å². The van der Waals surface area contributed by atoms with Gasteiger partial charge in [0, 0.05) is 17.1 Å². The quantitative estimate of drug-likeness (QED) is 0.686. The van der Waals surface area contributed by atoms with Crippen LogP contribution in [0.3, 0.4) is 0 Å². The molecule has 2 aromatic heterocycles. The normalized spacial score (nSPS) is 10.6. The molecule has 1 aromatic carbocycles. The molecule has 0 saturated heterocycles. The van der Waals surface area contributed by atoms with Crippen molar-refractivity contribution in [3.63, 3.8) is 0 Å². The van der Waals surface area contributed by atoms with Gasteiger partial charge in [-0.15, -0.1) is 0 Å². The maximum atomic E-state index is 11.3. The summed E-state index contributed by atoms with van der Waals surface area (Å²) in [4.78, 5) is 22.2. The number of benzene rings is 1. The lowest BCUT2D eigenvalue weighted by Gasteiger charge is -2.04. The number of fused-ring (bicyclic) bond motifs is 1. The lowest BCUT2D eigenvalue weighted by Crippen LogP contribution is -2.05. The van der Waals surface area contributed by atoms with E-state index >= 15 is 0 Å². The van der Waals surface area contributed by atoms with Crippen molar-refractivity contribution >= 4 is 10.9 Å². The number of hydrogen-bond acceptors (Lipinski definition) is 3. The van der Waals surface area contributed by atoms with Crippen LogP contribution in [0.5, 0.6) is 0 Å². The molecular weight excluding hydrogens is 214 g/mol. The van der Waals surface area contributed by atoms with E-state index in [4.69, 9.17) is 0 Å². The monoisotopic (exact) mass is 223 g/mol. The number of rotatable bonds is 1. The predicted molar refractivity (Wildman–Crippen MR) is 65.6 cm³/mol. The summed E-state index contributed by atoms with van der Waals surface area (Å²) in [5, 5.41) is 0.999. The lowest BCUT2D eigenvalue weighted by atomic mass is 10.1. The molecule has 2 heterocycles. The molecule has 0 spiro atoms. The van der Waals surface area contributed by atoms with Crippen LogP contribution in [0.25, 0.3) is 22.2 Å². The SMILES string of the molecule is O=c1cncc(-c2cccc3ncccc23)[nH]1. The molecule has 0 fully saturated rings. The molecule has 1 N–H and O–H groups in total.